The van der Waals surface area contributed by atoms with Gasteiger partial charge in [-0.3, -0.25) is 4.79 Å². The second-order valence-corrected chi connectivity index (χ2v) is 6.32. The van der Waals surface area contributed by atoms with Gasteiger partial charge in [0.25, 0.3) is 5.91 Å². The monoisotopic (exact) mass is 332 g/mol. The maximum Gasteiger partial charge on any atom is 0.285 e. The van der Waals surface area contributed by atoms with Crippen LogP contribution in [0.1, 0.15) is 21.5 Å². The van der Waals surface area contributed by atoms with Crippen molar-refractivity contribution in [3.05, 3.63) is 63.5 Å². The molecule has 1 heterocycles. The summed E-state index contributed by atoms with van der Waals surface area (Å²) in [5.74, 6) is -2.73. The molecule has 0 atom stereocenters. The van der Waals surface area contributed by atoms with E-state index in [4.69, 9.17) is 0 Å². The van der Waals surface area contributed by atoms with Crippen LogP contribution in [0, 0.1) is 25.5 Å². The van der Waals surface area contributed by atoms with Gasteiger partial charge >= 0.3 is 0 Å². The zero-order valence-corrected chi connectivity index (χ0v) is 13.7. The number of fused-ring (bicyclic) bond motifs is 1. The third-order valence-corrected chi connectivity index (χ3v) is 4.96. The highest BCUT2D eigenvalue weighted by Gasteiger charge is 2.17. The number of amides is 1. The molecule has 23 heavy (non-hydrogen) atoms. The Morgan fingerprint density at radius 1 is 1.13 bits per heavy atom. The van der Waals surface area contributed by atoms with Gasteiger partial charge in [-0.1, -0.05) is 23.5 Å². The van der Waals surface area contributed by atoms with Crippen LogP contribution in [0.2, 0.25) is 0 Å². The minimum Gasteiger partial charge on any atom is -0.319 e. The van der Waals surface area contributed by atoms with Crippen LogP contribution in [0.25, 0.3) is 10.2 Å². The van der Waals surface area contributed by atoms with Gasteiger partial charge in [0.05, 0.1) is 10.2 Å². The summed E-state index contributed by atoms with van der Waals surface area (Å²) in [4.78, 5) is 16.5. The first-order valence-electron chi connectivity index (χ1n) is 6.99. The molecular weight excluding hydrogens is 318 g/mol. The molecule has 0 fully saturated rings. The molecule has 6 heteroatoms. The molecule has 3 aromatic rings. The van der Waals surface area contributed by atoms with E-state index in [2.05, 4.69) is 4.99 Å². The average Bonchev–Trinajstić information content (AvgIpc) is 2.80. The summed E-state index contributed by atoms with van der Waals surface area (Å²) < 4.78 is 30.1. The van der Waals surface area contributed by atoms with E-state index in [9.17, 15) is 13.6 Å². The first kappa shape index (κ1) is 15.6. The Hall–Kier alpha value is -2.34. The van der Waals surface area contributed by atoms with E-state index in [1.807, 2.05) is 26.0 Å². The number of halogens is 2. The van der Waals surface area contributed by atoms with Crippen molar-refractivity contribution in [1.82, 2.24) is 4.57 Å². The van der Waals surface area contributed by atoms with Gasteiger partial charge in [-0.15, -0.1) is 0 Å². The van der Waals surface area contributed by atoms with Crippen molar-refractivity contribution in [1.29, 1.82) is 0 Å². The zero-order chi connectivity index (χ0) is 16.7. The van der Waals surface area contributed by atoms with Crippen LogP contribution >= 0.6 is 11.3 Å². The minimum absolute atomic E-state index is 0.404. The Morgan fingerprint density at radius 3 is 2.43 bits per heavy atom. The van der Waals surface area contributed by atoms with Crippen molar-refractivity contribution in [2.75, 3.05) is 0 Å². The summed E-state index contributed by atoms with van der Waals surface area (Å²) >= 11 is 1.31. The van der Waals surface area contributed by atoms with Gasteiger partial charge < -0.3 is 4.57 Å². The highest BCUT2D eigenvalue weighted by molar-refractivity contribution is 7.16. The van der Waals surface area contributed by atoms with Crippen LogP contribution in [0.4, 0.5) is 8.78 Å². The zero-order valence-electron chi connectivity index (χ0n) is 12.9. The topological polar surface area (TPSA) is 34.4 Å². The molecule has 0 aliphatic heterocycles. The Morgan fingerprint density at radius 2 is 1.78 bits per heavy atom. The number of carbonyl (C=O) groups excluding carboxylic acids is 1. The number of thiazole rings is 1. The quantitative estimate of drug-likeness (QED) is 0.666. The second kappa shape index (κ2) is 5.70. The number of aromatic nitrogens is 1. The van der Waals surface area contributed by atoms with Crippen molar-refractivity contribution in [2.45, 2.75) is 13.8 Å². The molecule has 0 aliphatic carbocycles. The smallest absolute Gasteiger partial charge is 0.285 e. The predicted molar refractivity (Wildman–Crippen MR) is 86.5 cm³/mol. The summed E-state index contributed by atoms with van der Waals surface area (Å²) in [6.07, 6.45) is 0. The van der Waals surface area contributed by atoms with Gasteiger partial charge in [0.15, 0.2) is 4.80 Å². The fourth-order valence-electron chi connectivity index (χ4n) is 2.48. The molecule has 0 saturated carbocycles. The number of benzene rings is 2. The van der Waals surface area contributed by atoms with Crippen molar-refractivity contribution < 1.29 is 13.6 Å². The minimum atomic E-state index is -0.919. The van der Waals surface area contributed by atoms with Crippen molar-refractivity contribution in [3.8, 4) is 0 Å². The SMILES string of the molecule is Cc1ccc2sc(=NC(=O)c3c(F)cccc3F)n(C)c2c1C. The van der Waals surface area contributed by atoms with Crippen LogP contribution in [0.5, 0.6) is 0 Å². The van der Waals surface area contributed by atoms with E-state index in [1.54, 1.807) is 11.6 Å². The van der Waals surface area contributed by atoms with E-state index < -0.39 is 23.1 Å². The van der Waals surface area contributed by atoms with Gasteiger partial charge in [0.2, 0.25) is 0 Å². The van der Waals surface area contributed by atoms with Crippen molar-refractivity contribution in [2.24, 2.45) is 12.0 Å². The third-order valence-electron chi connectivity index (χ3n) is 3.86. The van der Waals surface area contributed by atoms with E-state index in [0.29, 0.717) is 4.80 Å². The molecule has 0 unspecified atom stereocenters. The Kier molecular flexibility index (Phi) is 3.85. The molecule has 0 N–H and O–H groups in total. The Balaban J connectivity index is 2.21. The molecule has 0 spiro atoms. The summed E-state index contributed by atoms with van der Waals surface area (Å²) in [6.45, 7) is 4.00. The van der Waals surface area contributed by atoms with Crippen LogP contribution in [0.15, 0.2) is 35.3 Å². The van der Waals surface area contributed by atoms with Gasteiger partial charge in [-0.2, -0.15) is 4.99 Å². The average molecular weight is 332 g/mol. The fraction of sp³-hybridized carbons (Fsp3) is 0.176. The number of hydrogen-bond acceptors (Lipinski definition) is 2. The van der Waals surface area contributed by atoms with Crippen molar-refractivity contribution >= 4 is 27.5 Å². The molecule has 118 valence electrons. The van der Waals surface area contributed by atoms with Crippen LogP contribution in [-0.4, -0.2) is 10.5 Å². The number of carbonyl (C=O) groups is 1. The molecule has 1 amide bonds. The summed E-state index contributed by atoms with van der Waals surface area (Å²) in [5.41, 5.74) is 2.56. The van der Waals surface area contributed by atoms with Gasteiger partial charge in [0, 0.05) is 7.05 Å². The van der Waals surface area contributed by atoms with E-state index >= 15 is 0 Å². The molecule has 0 radical (unpaired) electrons. The van der Waals surface area contributed by atoms with E-state index in [1.165, 1.54) is 17.4 Å². The first-order chi connectivity index (χ1) is 10.9. The molecule has 1 aromatic heterocycles. The van der Waals surface area contributed by atoms with Gasteiger partial charge in [-0.05, 0) is 43.2 Å². The van der Waals surface area contributed by atoms with E-state index in [-0.39, 0.29) is 0 Å². The molecule has 2 aromatic carbocycles. The van der Waals surface area contributed by atoms with Crippen LogP contribution in [0.3, 0.4) is 0 Å². The lowest BCUT2D eigenvalue weighted by atomic mass is 10.1. The standard InChI is InChI=1S/C17H14F2N2OS/c1-9-7-8-13-15(10(9)2)21(3)17(23-13)20-16(22)14-11(18)5-4-6-12(14)19/h4-8H,1-3H3. The largest absolute Gasteiger partial charge is 0.319 e. The number of rotatable bonds is 1. The van der Waals surface area contributed by atoms with Crippen molar-refractivity contribution in [3.63, 3.8) is 0 Å². The number of nitrogens with zero attached hydrogens (tertiary/aromatic N) is 2. The Bertz CT molecular complexity index is 981. The maximum atomic E-state index is 13.7. The third kappa shape index (κ3) is 2.59. The molecule has 0 saturated heterocycles. The van der Waals surface area contributed by atoms with Gasteiger partial charge in [-0.25, -0.2) is 8.78 Å². The lowest BCUT2D eigenvalue weighted by Gasteiger charge is -2.03. The lowest BCUT2D eigenvalue weighted by Crippen LogP contribution is -2.15. The molecule has 3 nitrogen and oxygen atoms in total. The lowest BCUT2D eigenvalue weighted by molar-refractivity contribution is 0.0990. The van der Waals surface area contributed by atoms with Crippen LogP contribution < -0.4 is 4.80 Å². The highest BCUT2D eigenvalue weighted by atomic mass is 32.1. The summed E-state index contributed by atoms with van der Waals surface area (Å²) in [6, 6.07) is 7.26. The molecule has 0 bridgehead atoms. The molecule has 0 aliphatic rings. The van der Waals surface area contributed by atoms with Gasteiger partial charge in [0.1, 0.15) is 17.2 Å². The molecular formula is C17H14F2N2OS. The van der Waals surface area contributed by atoms with E-state index in [0.717, 1.165) is 33.5 Å². The summed E-state index contributed by atoms with van der Waals surface area (Å²) in [5, 5.41) is 0. The van der Waals surface area contributed by atoms with Crippen LogP contribution in [-0.2, 0) is 7.05 Å². The predicted octanol–water partition coefficient (Wildman–Crippen LogP) is 3.88. The Labute approximate surface area is 135 Å². The normalized spacial score (nSPS) is 12.1. The first-order valence-corrected chi connectivity index (χ1v) is 7.80. The number of hydrogen-bond donors (Lipinski definition) is 0. The molecule has 3 rings (SSSR count). The summed E-state index contributed by atoms with van der Waals surface area (Å²) in [7, 11) is 1.79. The maximum absolute atomic E-state index is 13.7. The highest BCUT2D eigenvalue weighted by Crippen LogP contribution is 2.23. The second-order valence-electron chi connectivity index (χ2n) is 5.31. The fourth-order valence-corrected chi connectivity index (χ4v) is 3.56. The number of aryl methyl sites for hydroxylation is 3.